The number of hydrogen-bond donors (Lipinski definition) is 1. The van der Waals surface area contributed by atoms with Crippen molar-refractivity contribution in [3.63, 3.8) is 0 Å². The Labute approximate surface area is 85.8 Å². The summed E-state index contributed by atoms with van der Waals surface area (Å²) < 4.78 is 0. The molecule has 0 aromatic carbocycles. The van der Waals surface area contributed by atoms with Gasteiger partial charge in [-0.05, 0) is 38.6 Å². The van der Waals surface area contributed by atoms with Gasteiger partial charge < -0.3 is 10.2 Å². The van der Waals surface area contributed by atoms with Gasteiger partial charge in [-0.15, -0.1) is 0 Å². The standard InChI is InChI=1S/C11H20N2O/c1-9(14)13-8-3-2-6-11(13)10-5-4-7-12-10/h10-12H,2-8H2,1H3. The molecular formula is C11H20N2O. The minimum absolute atomic E-state index is 0.253. The number of piperidine rings is 1. The van der Waals surface area contributed by atoms with Gasteiger partial charge in [0.1, 0.15) is 0 Å². The molecule has 2 atom stereocenters. The molecule has 3 nitrogen and oxygen atoms in total. The molecule has 2 aliphatic heterocycles. The van der Waals surface area contributed by atoms with E-state index in [1.165, 1.54) is 32.1 Å². The van der Waals surface area contributed by atoms with Crippen LogP contribution in [0.1, 0.15) is 39.0 Å². The normalized spacial score (nSPS) is 33.4. The molecule has 0 saturated carbocycles. The maximum Gasteiger partial charge on any atom is 0.219 e. The molecule has 14 heavy (non-hydrogen) atoms. The van der Waals surface area contributed by atoms with Crippen LogP contribution in [0.4, 0.5) is 0 Å². The molecule has 2 unspecified atom stereocenters. The summed E-state index contributed by atoms with van der Waals surface area (Å²) in [5.74, 6) is 0.253. The monoisotopic (exact) mass is 196 g/mol. The van der Waals surface area contributed by atoms with Crippen molar-refractivity contribution in [3.8, 4) is 0 Å². The number of amides is 1. The Hall–Kier alpha value is -0.570. The van der Waals surface area contributed by atoms with Crippen LogP contribution in [0.2, 0.25) is 0 Å². The average molecular weight is 196 g/mol. The second-order valence-electron chi connectivity index (χ2n) is 4.48. The first-order valence-electron chi connectivity index (χ1n) is 5.79. The fraction of sp³-hybridized carbons (Fsp3) is 0.909. The average Bonchev–Trinajstić information content (AvgIpc) is 2.70. The van der Waals surface area contributed by atoms with Crippen molar-refractivity contribution in [2.75, 3.05) is 13.1 Å². The molecule has 0 spiro atoms. The van der Waals surface area contributed by atoms with E-state index >= 15 is 0 Å². The van der Waals surface area contributed by atoms with Crippen LogP contribution in [0.25, 0.3) is 0 Å². The third-order valence-electron chi connectivity index (χ3n) is 3.52. The smallest absolute Gasteiger partial charge is 0.219 e. The van der Waals surface area contributed by atoms with Gasteiger partial charge in [-0.2, -0.15) is 0 Å². The first-order valence-corrected chi connectivity index (χ1v) is 5.79. The zero-order valence-corrected chi connectivity index (χ0v) is 8.96. The van der Waals surface area contributed by atoms with E-state index in [0.717, 1.165) is 13.1 Å². The van der Waals surface area contributed by atoms with E-state index in [0.29, 0.717) is 12.1 Å². The maximum atomic E-state index is 11.5. The minimum Gasteiger partial charge on any atom is -0.338 e. The third kappa shape index (κ3) is 1.92. The Balaban J connectivity index is 2.01. The third-order valence-corrected chi connectivity index (χ3v) is 3.52. The van der Waals surface area contributed by atoms with Gasteiger partial charge in [0.25, 0.3) is 0 Å². The van der Waals surface area contributed by atoms with E-state index in [4.69, 9.17) is 0 Å². The quantitative estimate of drug-likeness (QED) is 0.682. The molecule has 2 saturated heterocycles. The molecule has 2 aliphatic rings. The van der Waals surface area contributed by atoms with Gasteiger partial charge in [0, 0.05) is 25.6 Å². The first kappa shape index (κ1) is 9.97. The number of rotatable bonds is 1. The van der Waals surface area contributed by atoms with Gasteiger partial charge in [-0.3, -0.25) is 4.79 Å². The van der Waals surface area contributed by atoms with Crippen molar-refractivity contribution < 1.29 is 4.79 Å². The van der Waals surface area contributed by atoms with Crippen molar-refractivity contribution in [1.82, 2.24) is 10.2 Å². The highest BCUT2D eigenvalue weighted by Gasteiger charge is 2.32. The van der Waals surface area contributed by atoms with Gasteiger partial charge in [0.15, 0.2) is 0 Å². The zero-order chi connectivity index (χ0) is 9.97. The number of carbonyl (C=O) groups is 1. The molecule has 0 radical (unpaired) electrons. The van der Waals surface area contributed by atoms with E-state index in [-0.39, 0.29) is 5.91 Å². The molecule has 0 aromatic rings. The molecule has 2 rings (SSSR count). The molecule has 0 aliphatic carbocycles. The molecule has 2 heterocycles. The number of hydrogen-bond acceptors (Lipinski definition) is 2. The Morgan fingerprint density at radius 2 is 2.14 bits per heavy atom. The maximum absolute atomic E-state index is 11.5. The summed E-state index contributed by atoms with van der Waals surface area (Å²) >= 11 is 0. The molecule has 2 fully saturated rings. The van der Waals surface area contributed by atoms with Crippen LogP contribution in [0.3, 0.4) is 0 Å². The minimum atomic E-state index is 0.253. The Morgan fingerprint density at radius 3 is 2.79 bits per heavy atom. The summed E-state index contributed by atoms with van der Waals surface area (Å²) in [7, 11) is 0. The van der Waals surface area contributed by atoms with Gasteiger partial charge in [0.05, 0.1) is 0 Å². The Morgan fingerprint density at radius 1 is 1.29 bits per heavy atom. The van der Waals surface area contributed by atoms with E-state index < -0.39 is 0 Å². The summed E-state index contributed by atoms with van der Waals surface area (Å²) in [6, 6.07) is 1.04. The lowest BCUT2D eigenvalue weighted by Gasteiger charge is -2.38. The molecule has 1 N–H and O–H groups in total. The van der Waals surface area contributed by atoms with E-state index in [1.54, 1.807) is 6.92 Å². The van der Waals surface area contributed by atoms with Crippen molar-refractivity contribution in [2.45, 2.75) is 51.1 Å². The lowest BCUT2D eigenvalue weighted by atomic mass is 9.94. The predicted octanol–water partition coefficient (Wildman–Crippen LogP) is 1.14. The molecule has 80 valence electrons. The highest BCUT2D eigenvalue weighted by Crippen LogP contribution is 2.24. The number of nitrogens with zero attached hydrogens (tertiary/aromatic N) is 1. The summed E-state index contributed by atoms with van der Waals surface area (Å²) in [6.07, 6.45) is 6.17. The van der Waals surface area contributed by atoms with Gasteiger partial charge >= 0.3 is 0 Å². The van der Waals surface area contributed by atoms with Crippen LogP contribution >= 0.6 is 0 Å². The Kier molecular flexibility index (Phi) is 3.06. The molecule has 3 heteroatoms. The van der Waals surface area contributed by atoms with Gasteiger partial charge in [-0.1, -0.05) is 0 Å². The Bertz CT molecular complexity index is 211. The molecule has 0 bridgehead atoms. The van der Waals surface area contributed by atoms with Crippen molar-refractivity contribution in [2.24, 2.45) is 0 Å². The van der Waals surface area contributed by atoms with Crippen molar-refractivity contribution >= 4 is 5.91 Å². The van der Waals surface area contributed by atoms with Crippen LogP contribution < -0.4 is 5.32 Å². The van der Waals surface area contributed by atoms with Crippen LogP contribution in [0.15, 0.2) is 0 Å². The van der Waals surface area contributed by atoms with Crippen molar-refractivity contribution in [1.29, 1.82) is 0 Å². The summed E-state index contributed by atoms with van der Waals surface area (Å²) in [4.78, 5) is 13.5. The van der Waals surface area contributed by atoms with Gasteiger partial charge in [-0.25, -0.2) is 0 Å². The number of nitrogens with one attached hydrogen (secondary N) is 1. The second-order valence-corrected chi connectivity index (χ2v) is 4.48. The lowest BCUT2D eigenvalue weighted by Crippen LogP contribution is -2.51. The number of carbonyl (C=O) groups excluding carboxylic acids is 1. The fourth-order valence-corrected chi connectivity index (χ4v) is 2.81. The lowest BCUT2D eigenvalue weighted by molar-refractivity contribution is -0.133. The van der Waals surface area contributed by atoms with Crippen molar-refractivity contribution in [3.05, 3.63) is 0 Å². The van der Waals surface area contributed by atoms with Crippen LogP contribution in [0, 0.1) is 0 Å². The summed E-state index contributed by atoms with van der Waals surface area (Å²) in [5, 5.41) is 3.52. The fourth-order valence-electron chi connectivity index (χ4n) is 2.81. The zero-order valence-electron chi connectivity index (χ0n) is 8.96. The van der Waals surface area contributed by atoms with E-state index in [2.05, 4.69) is 10.2 Å². The van der Waals surface area contributed by atoms with Gasteiger partial charge in [0.2, 0.25) is 5.91 Å². The molecule has 0 aromatic heterocycles. The van der Waals surface area contributed by atoms with Crippen LogP contribution in [0.5, 0.6) is 0 Å². The highest BCUT2D eigenvalue weighted by molar-refractivity contribution is 5.73. The predicted molar refractivity (Wildman–Crippen MR) is 56.1 cm³/mol. The second kappa shape index (κ2) is 4.30. The van der Waals surface area contributed by atoms with Crippen LogP contribution in [-0.2, 0) is 4.79 Å². The van der Waals surface area contributed by atoms with E-state index in [1.807, 2.05) is 0 Å². The molecule has 1 amide bonds. The molecular weight excluding hydrogens is 176 g/mol. The topological polar surface area (TPSA) is 32.3 Å². The summed E-state index contributed by atoms with van der Waals surface area (Å²) in [6.45, 7) is 3.80. The van der Waals surface area contributed by atoms with E-state index in [9.17, 15) is 4.79 Å². The van der Waals surface area contributed by atoms with Crippen LogP contribution in [-0.4, -0.2) is 36.0 Å². The SMILES string of the molecule is CC(=O)N1CCCCC1C1CCCN1. The highest BCUT2D eigenvalue weighted by atomic mass is 16.2. The summed E-state index contributed by atoms with van der Waals surface area (Å²) in [5.41, 5.74) is 0. The first-order chi connectivity index (χ1) is 6.79. The largest absolute Gasteiger partial charge is 0.338 e. The number of likely N-dealkylation sites (tertiary alicyclic amines) is 1.